The van der Waals surface area contributed by atoms with Crippen LogP contribution >= 0.6 is 0 Å². The van der Waals surface area contributed by atoms with E-state index in [0.717, 1.165) is 11.1 Å². The summed E-state index contributed by atoms with van der Waals surface area (Å²) in [5.41, 5.74) is 3.14. The van der Waals surface area contributed by atoms with Gasteiger partial charge in [0.1, 0.15) is 0 Å². The van der Waals surface area contributed by atoms with Crippen molar-refractivity contribution in [3.05, 3.63) is 59.2 Å². The number of amides is 1. The van der Waals surface area contributed by atoms with E-state index in [1.54, 1.807) is 20.4 Å². The van der Waals surface area contributed by atoms with Crippen LogP contribution in [0.3, 0.4) is 0 Å². The number of oxime groups is 1. The van der Waals surface area contributed by atoms with E-state index in [0.29, 0.717) is 24.5 Å². The quantitative estimate of drug-likeness (QED) is 0.554. The molecule has 0 saturated heterocycles. The van der Waals surface area contributed by atoms with Gasteiger partial charge in [-0.3, -0.25) is 4.79 Å². The lowest BCUT2D eigenvalue weighted by atomic mass is 10.1. The Morgan fingerprint density at radius 3 is 2.50 bits per heavy atom. The number of benzene rings is 2. The van der Waals surface area contributed by atoms with Gasteiger partial charge >= 0.3 is 0 Å². The van der Waals surface area contributed by atoms with Gasteiger partial charge in [0.15, 0.2) is 18.1 Å². The molecule has 6 nitrogen and oxygen atoms in total. The van der Waals surface area contributed by atoms with Crippen LogP contribution in [-0.2, 0) is 16.1 Å². The Morgan fingerprint density at radius 1 is 1.08 bits per heavy atom. The number of nitrogens with one attached hydrogen (secondary N) is 1. The maximum Gasteiger partial charge on any atom is 0.260 e. The average Bonchev–Trinajstić information content (AvgIpc) is 2.66. The minimum absolute atomic E-state index is 0.117. The van der Waals surface area contributed by atoms with E-state index in [9.17, 15) is 4.79 Å². The second-order valence-electron chi connectivity index (χ2n) is 5.71. The number of rotatable bonds is 9. The standard InChI is InChI=1S/C20H24N2O4/c1-15-4-6-17(7-5-15)13-22-26-14-20(23)21-11-10-16-8-9-18(24-2)19(12-16)25-3/h4-9,12-13H,10-11,14H2,1-3H3,(H,21,23)/b22-13-. The second kappa shape index (κ2) is 10.1. The van der Waals surface area contributed by atoms with Gasteiger partial charge in [-0.15, -0.1) is 0 Å². The Labute approximate surface area is 153 Å². The SMILES string of the molecule is COc1ccc(CCNC(=O)CO/N=C\c2ccc(C)cc2)cc1OC. The average molecular weight is 356 g/mol. The predicted octanol–water partition coefficient (Wildman–Crippen LogP) is 2.72. The van der Waals surface area contributed by atoms with E-state index >= 15 is 0 Å². The fourth-order valence-corrected chi connectivity index (χ4v) is 2.28. The van der Waals surface area contributed by atoms with Gasteiger partial charge in [-0.1, -0.05) is 41.1 Å². The molecule has 0 unspecified atom stereocenters. The van der Waals surface area contributed by atoms with E-state index in [4.69, 9.17) is 14.3 Å². The number of methoxy groups -OCH3 is 2. The fourth-order valence-electron chi connectivity index (χ4n) is 2.28. The van der Waals surface area contributed by atoms with Crippen molar-refractivity contribution in [2.45, 2.75) is 13.3 Å². The molecule has 0 aliphatic heterocycles. The molecule has 0 aliphatic carbocycles. The molecule has 0 bridgehead atoms. The Morgan fingerprint density at radius 2 is 1.81 bits per heavy atom. The molecular formula is C20H24N2O4. The molecule has 138 valence electrons. The van der Waals surface area contributed by atoms with Crippen LogP contribution in [-0.4, -0.2) is 39.5 Å². The van der Waals surface area contributed by atoms with Crippen molar-refractivity contribution in [2.24, 2.45) is 5.16 Å². The fraction of sp³-hybridized carbons (Fsp3) is 0.300. The highest BCUT2D eigenvalue weighted by molar-refractivity contribution is 5.79. The number of nitrogens with zero attached hydrogens (tertiary/aromatic N) is 1. The van der Waals surface area contributed by atoms with Crippen molar-refractivity contribution < 1.29 is 19.1 Å². The topological polar surface area (TPSA) is 69.2 Å². The van der Waals surface area contributed by atoms with Gasteiger partial charge in [-0.25, -0.2) is 0 Å². The van der Waals surface area contributed by atoms with Crippen LogP contribution in [0.5, 0.6) is 11.5 Å². The van der Waals surface area contributed by atoms with Crippen molar-refractivity contribution >= 4 is 12.1 Å². The third-order valence-corrected chi connectivity index (χ3v) is 3.73. The molecule has 2 aromatic carbocycles. The Kier molecular flexibility index (Phi) is 7.49. The largest absolute Gasteiger partial charge is 0.493 e. The zero-order valence-corrected chi connectivity index (χ0v) is 15.3. The molecule has 0 spiro atoms. The molecule has 1 amide bonds. The summed E-state index contributed by atoms with van der Waals surface area (Å²) in [6.07, 6.45) is 2.26. The van der Waals surface area contributed by atoms with Crippen molar-refractivity contribution in [3.8, 4) is 11.5 Å². The summed E-state index contributed by atoms with van der Waals surface area (Å²) in [6, 6.07) is 13.5. The van der Waals surface area contributed by atoms with Crippen molar-refractivity contribution in [1.82, 2.24) is 5.32 Å². The highest BCUT2D eigenvalue weighted by atomic mass is 16.6. The van der Waals surface area contributed by atoms with Gasteiger partial charge in [0.25, 0.3) is 5.91 Å². The first kappa shape index (κ1) is 19.3. The number of aryl methyl sites for hydroxylation is 1. The normalized spacial score (nSPS) is 10.6. The molecule has 0 aromatic heterocycles. The second-order valence-corrected chi connectivity index (χ2v) is 5.71. The smallest absolute Gasteiger partial charge is 0.260 e. The highest BCUT2D eigenvalue weighted by Gasteiger charge is 2.05. The van der Waals surface area contributed by atoms with Crippen LogP contribution in [0.25, 0.3) is 0 Å². The monoisotopic (exact) mass is 356 g/mol. The minimum atomic E-state index is -0.216. The molecule has 0 heterocycles. The molecular weight excluding hydrogens is 332 g/mol. The van der Waals surface area contributed by atoms with E-state index in [2.05, 4.69) is 10.5 Å². The van der Waals surface area contributed by atoms with Gasteiger partial charge in [-0.05, 0) is 36.6 Å². The maximum atomic E-state index is 11.8. The first-order valence-electron chi connectivity index (χ1n) is 8.32. The van der Waals surface area contributed by atoms with Crippen LogP contribution in [0, 0.1) is 6.92 Å². The number of ether oxygens (including phenoxy) is 2. The molecule has 26 heavy (non-hydrogen) atoms. The van der Waals surface area contributed by atoms with Gasteiger partial charge in [-0.2, -0.15) is 0 Å². The van der Waals surface area contributed by atoms with Crippen molar-refractivity contribution in [1.29, 1.82) is 0 Å². The molecule has 0 saturated carbocycles. The maximum absolute atomic E-state index is 11.8. The van der Waals surface area contributed by atoms with Crippen LogP contribution in [0.1, 0.15) is 16.7 Å². The Bertz CT molecular complexity index is 742. The third kappa shape index (κ3) is 6.12. The molecule has 1 N–H and O–H groups in total. The van der Waals surface area contributed by atoms with Gasteiger partial charge in [0.2, 0.25) is 0 Å². The van der Waals surface area contributed by atoms with E-state index in [1.807, 2.05) is 49.4 Å². The van der Waals surface area contributed by atoms with Crippen LogP contribution in [0.15, 0.2) is 47.6 Å². The van der Waals surface area contributed by atoms with Gasteiger partial charge < -0.3 is 19.6 Å². The molecule has 6 heteroatoms. The van der Waals surface area contributed by atoms with E-state index in [1.165, 1.54) is 5.56 Å². The van der Waals surface area contributed by atoms with Crippen molar-refractivity contribution in [3.63, 3.8) is 0 Å². The summed E-state index contributed by atoms with van der Waals surface area (Å²) < 4.78 is 10.5. The Balaban J connectivity index is 1.69. The summed E-state index contributed by atoms with van der Waals surface area (Å²) in [7, 11) is 3.19. The first-order chi connectivity index (χ1) is 12.6. The van der Waals surface area contributed by atoms with Crippen LogP contribution in [0.2, 0.25) is 0 Å². The summed E-state index contributed by atoms with van der Waals surface area (Å²) in [6.45, 7) is 2.40. The number of hydrogen-bond acceptors (Lipinski definition) is 5. The van der Waals surface area contributed by atoms with E-state index in [-0.39, 0.29) is 12.5 Å². The molecule has 0 atom stereocenters. The summed E-state index contributed by atoms with van der Waals surface area (Å²) in [4.78, 5) is 16.8. The summed E-state index contributed by atoms with van der Waals surface area (Å²) in [5.74, 6) is 1.14. The number of carbonyl (C=O) groups excluding carboxylic acids is 1. The minimum Gasteiger partial charge on any atom is -0.493 e. The van der Waals surface area contributed by atoms with Crippen LogP contribution in [0.4, 0.5) is 0 Å². The van der Waals surface area contributed by atoms with Gasteiger partial charge in [0.05, 0.1) is 20.4 Å². The lowest BCUT2D eigenvalue weighted by Crippen LogP contribution is -2.28. The van der Waals surface area contributed by atoms with E-state index < -0.39 is 0 Å². The molecule has 0 fully saturated rings. The van der Waals surface area contributed by atoms with Crippen LogP contribution < -0.4 is 14.8 Å². The summed E-state index contributed by atoms with van der Waals surface area (Å²) >= 11 is 0. The zero-order valence-electron chi connectivity index (χ0n) is 15.3. The summed E-state index contributed by atoms with van der Waals surface area (Å²) in [5, 5.41) is 6.60. The number of carbonyl (C=O) groups is 1. The predicted molar refractivity (Wildman–Crippen MR) is 101 cm³/mol. The molecule has 0 radical (unpaired) electrons. The van der Waals surface area contributed by atoms with Gasteiger partial charge in [0, 0.05) is 6.54 Å². The molecule has 0 aliphatic rings. The lowest BCUT2D eigenvalue weighted by Gasteiger charge is -2.10. The highest BCUT2D eigenvalue weighted by Crippen LogP contribution is 2.27. The Hall–Kier alpha value is -3.02. The first-order valence-corrected chi connectivity index (χ1v) is 8.32. The van der Waals surface area contributed by atoms with Crippen molar-refractivity contribution in [2.75, 3.05) is 27.4 Å². The molecule has 2 rings (SSSR count). The molecule has 2 aromatic rings. The third-order valence-electron chi connectivity index (χ3n) is 3.73. The zero-order chi connectivity index (χ0) is 18.8. The number of hydrogen-bond donors (Lipinski definition) is 1. The lowest BCUT2D eigenvalue weighted by molar-refractivity contribution is -0.125.